The van der Waals surface area contributed by atoms with E-state index in [2.05, 4.69) is 58.3 Å². The monoisotopic (exact) mass is 881 g/mol. The van der Waals surface area contributed by atoms with Crippen molar-refractivity contribution in [2.24, 2.45) is 52.1 Å². The van der Waals surface area contributed by atoms with E-state index in [-0.39, 0.29) is 36.0 Å². The molecule has 4 N–H and O–H groups in total. The van der Waals surface area contributed by atoms with Crippen LogP contribution in [0.4, 0.5) is 4.79 Å². The van der Waals surface area contributed by atoms with Gasteiger partial charge in [-0.1, -0.05) is 162 Å². The van der Waals surface area contributed by atoms with Crippen LogP contribution in [-0.4, -0.2) is 61.6 Å². The van der Waals surface area contributed by atoms with Crippen LogP contribution in [0.1, 0.15) is 234 Å². The number of carbonyl (C=O) groups is 3. The number of unbranched alkanes of at least 4 members (excludes halogenated alkanes) is 15. The van der Waals surface area contributed by atoms with Gasteiger partial charge in [-0.15, -0.1) is 0 Å². The van der Waals surface area contributed by atoms with Crippen molar-refractivity contribution in [3.63, 3.8) is 0 Å². The maximum atomic E-state index is 13.8. The molecule has 0 spiro atoms. The van der Waals surface area contributed by atoms with Gasteiger partial charge < -0.3 is 21.1 Å². The minimum absolute atomic E-state index is 0.00698. The molecule has 8 heteroatoms. The van der Waals surface area contributed by atoms with Gasteiger partial charge in [-0.2, -0.15) is 0 Å². The van der Waals surface area contributed by atoms with Gasteiger partial charge in [0.1, 0.15) is 12.6 Å². The smallest absolute Gasteiger partial charge is 0.410 e. The van der Waals surface area contributed by atoms with Crippen molar-refractivity contribution >= 4 is 17.9 Å². The summed E-state index contributed by atoms with van der Waals surface area (Å²) in [7, 11) is 0. The summed E-state index contributed by atoms with van der Waals surface area (Å²) in [6.07, 6.45) is 37.7. The van der Waals surface area contributed by atoms with Gasteiger partial charge in [0.25, 0.3) is 0 Å². The average molecular weight is 881 g/mol. The number of nitrogens with two attached hydrogens (primary N) is 1. The van der Waals surface area contributed by atoms with E-state index in [0.29, 0.717) is 44.4 Å². The Labute approximate surface area is 388 Å². The fourth-order valence-corrected chi connectivity index (χ4v) is 13.2. The Bertz CT molecular complexity index is 1350. The highest BCUT2D eigenvalue weighted by atomic mass is 16.6. The molecular weight excluding hydrogens is 781 g/mol. The molecule has 4 rings (SSSR count). The lowest BCUT2D eigenvalue weighted by Crippen LogP contribution is -2.51. The minimum atomic E-state index is -0.361. The van der Waals surface area contributed by atoms with Gasteiger partial charge in [0, 0.05) is 32.5 Å². The van der Waals surface area contributed by atoms with Crippen LogP contribution in [0, 0.1) is 46.3 Å². The maximum Gasteiger partial charge on any atom is 0.410 e. The molecule has 0 aromatic carbocycles. The Kier molecular flexibility index (Phi) is 24.5. The van der Waals surface area contributed by atoms with Crippen molar-refractivity contribution in [2.75, 3.05) is 32.7 Å². The van der Waals surface area contributed by atoms with Crippen LogP contribution in [0.2, 0.25) is 0 Å². The number of rotatable bonds is 32. The lowest BCUT2D eigenvalue weighted by Gasteiger charge is -2.58. The number of fused-ring (bicyclic) bond motifs is 5. The van der Waals surface area contributed by atoms with E-state index in [9.17, 15) is 14.4 Å². The topological polar surface area (TPSA) is 114 Å². The van der Waals surface area contributed by atoms with Crippen molar-refractivity contribution < 1.29 is 19.1 Å². The van der Waals surface area contributed by atoms with Gasteiger partial charge in [-0.05, 0) is 124 Å². The third-order valence-electron chi connectivity index (χ3n) is 17.0. The molecule has 364 valence electrons. The van der Waals surface area contributed by atoms with Crippen molar-refractivity contribution in [1.29, 1.82) is 0 Å². The largest absolute Gasteiger partial charge is 0.446 e. The van der Waals surface area contributed by atoms with Crippen LogP contribution in [0.3, 0.4) is 0 Å². The molecule has 0 radical (unpaired) electrons. The van der Waals surface area contributed by atoms with E-state index in [1.807, 2.05) is 0 Å². The number of ether oxygens (including phenoxy) is 1. The van der Waals surface area contributed by atoms with E-state index in [1.165, 1.54) is 128 Å². The summed E-state index contributed by atoms with van der Waals surface area (Å²) in [5, 5.41) is 6.05. The van der Waals surface area contributed by atoms with E-state index < -0.39 is 0 Å². The van der Waals surface area contributed by atoms with Crippen molar-refractivity contribution in [3.8, 4) is 0 Å². The Morgan fingerprint density at radius 2 is 1.37 bits per heavy atom. The zero-order valence-corrected chi connectivity index (χ0v) is 42.0. The summed E-state index contributed by atoms with van der Waals surface area (Å²) in [4.78, 5) is 40.8. The first kappa shape index (κ1) is 53.5. The first-order valence-corrected chi connectivity index (χ1v) is 27.3. The first-order chi connectivity index (χ1) is 30.4. The fourth-order valence-electron chi connectivity index (χ4n) is 13.2. The highest BCUT2D eigenvalue weighted by molar-refractivity contribution is 5.82. The fraction of sp³-hybridized carbons (Fsp3) is 0.909. The quantitative estimate of drug-likeness (QED) is 0.0460. The Morgan fingerprint density at radius 3 is 2.05 bits per heavy atom. The Balaban J connectivity index is 1.15. The average Bonchev–Trinajstić information content (AvgIpc) is 3.62. The molecule has 63 heavy (non-hydrogen) atoms. The third-order valence-corrected chi connectivity index (χ3v) is 17.0. The van der Waals surface area contributed by atoms with Crippen LogP contribution in [0.5, 0.6) is 0 Å². The lowest BCUT2D eigenvalue weighted by atomic mass is 9.47. The molecule has 0 unspecified atom stereocenters. The number of hydrogen-bond acceptors (Lipinski definition) is 5. The number of hydrogen-bond donors (Lipinski definition) is 3. The highest BCUT2D eigenvalue weighted by Crippen LogP contribution is 2.67. The molecule has 3 amide bonds. The minimum Gasteiger partial charge on any atom is -0.446 e. The third kappa shape index (κ3) is 17.3. The Morgan fingerprint density at radius 1 is 0.730 bits per heavy atom. The van der Waals surface area contributed by atoms with Gasteiger partial charge in [-0.3, -0.25) is 14.5 Å². The van der Waals surface area contributed by atoms with Gasteiger partial charge in [0.05, 0.1) is 0 Å². The van der Waals surface area contributed by atoms with Crippen molar-refractivity contribution in [1.82, 2.24) is 15.5 Å². The van der Waals surface area contributed by atoms with Crippen LogP contribution in [0.15, 0.2) is 11.6 Å². The molecule has 0 aromatic rings. The molecule has 4 aliphatic rings. The standard InChI is InChI=1S/C55H100N4O4/c1-7-8-9-10-11-12-13-14-15-16-17-18-21-28-51(60)57-38-22-19-20-23-40-59(42-52(61)58-39-25-37-56)53(62)63-46-33-35-54(5)45(41-46)29-30-47-49-32-31-48(44(4)27-24-26-43(2)3)55(49,6)36-34-50(47)54/h29,43-44,46-50H,7-28,30-42,56H2,1-6H3,(H,57,60)(H,58,61)/t44-,46+,47+,48-,49+,50+,54+,55-/m1/s1. The zero-order chi connectivity index (χ0) is 45.5. The molecule has 3 saturated carbocycles. The van der Waals surface area contributed by atoms with Gasteiger partial charge in [-0.25, -0.2) is 4.79 Å². The molecule has 4 aliphatic carbocycles. The molecule has 0 aliphatic heterocycles. The van der Waals surface area contributed by atoms with E-state index in [4.69, 9.17) is 10.5 Å². The summed E-state index contributed by atoms with van der Waals surface area (Å²) in [6, 6.07) is 0. The second kappa shape index (κ2) is 28.8. The summed E-state index contributed by atoms with van der Waals surface area (Å²) in [5.74, 6) is 4.84. The normalized spacial score (nSPS) is 26.9. The summed E-state index contributed by atoms with van der Waals surface area (Å²) >= 11 is 0. The second-order valence-corrected chi connectivity index (χ2v) is 22.2. The second-order valence-electron chi connectivity index (χ2n) is 22.2. The maximum absolute atomic E-state index is 13.8. The van der Waals surface area contributed by atoms with Gasteiger partial charge >= 0.3 is 6.09 Å². The SMILES string of the molecule is CCCCCCCCCCCCCCCC(=O)NCCCCCCN(CC(=O)NCCCN)C(=O)O[C@H]1CC[C@@]2(C)C(=CC[C@H]3[C@@H]4CC[C@H]([C@H](C)CCCC(C)C)[C@@]4(C)CC[C@@H]32)C1. The summed E-state index contributed by atoms with van der Waals surface area (Å²) in [5.41, 5.74) is 7.86. The number of allylic oxidation sites excluding steroid dienone is 1. The van der Waals surface area contributed by atoms with Gasteiger partial charge in [0.15, 0.2) is 0 Å². The van der Waals surface area contributed by atoms with E-state index in [0.717, 1.165) is 93.3 Å². The molecule has 0 heterocycles. The number of carbonyl (C=O) groups excluding carboxylic acids is 3. The van der Waals surface area contributed by atoms with Gasteiger partial charge in [0.2, 0.25) is 11.8 Å². The van der Waals surface area contributed by atoms with Crippen molar-refractivity contribution in [3.05, 3.63) is 11.6 Å². The zero-order valence-electron chi connectivity index (χ0n) is 42.0. The predicted octanol–water partition coefficient (Wildman–Crippen LogP) is 13.5. The van der Waals surface area contributed by atoms with Crippen LogP contribution in [0.25, 0.3) is 0 Å². The lowest BCUT2D eigenvalue weighted by molar-refractivity contribution is -0.122. The van der Waals surface area contributed by atoms with E-state index in [1.54, 1.807) is 4.90 Å². The van der Waals surface area contributed by atoms with Crippen LogP contribution >= 0.6 is 0 Å². The number of nitrogens with one attached hydrogen (secondary N) is 2. The molecule has 0 bridgehead atoms. The first-order valence-electron chi connectivity index (χ1n) is 27.3. The number of amides is 3. The molecule has 8 nitrogen and oxygen atoms in total. The summed E-state index contributed by atoms with van der Waals surface area (Å²) in [6.45, 7) is 17.0. The summed E-state index contributed by atoms with van der Waals surface area (Å²) < 4.78 is 6.29. The molecular formula is C55H100N4O4. The van der Waals surface area contributed by atoms with Crippen molar-refractivity contribution in [2.45, 2.75) is 240 Å². The Hall–Kier alpha value is -2.09. The molecule has 8 atom stereocenters. The molecule has 0 aromatic heterocycles. The molecule has 3 fully saturated rings. The van der Waals surface area contributed by atoms with Crippen LogP contribution in [-0.2, 0) is 14.3 Å². The van der Waals surface area contributed by atoms with Crippen LogP contribution < -0.4 is 16.4 Å². The van der Waals surface area contributed by atoms with E-state index >= 15 is 0 Å². The predicted molar refractivity (Wildman–Crippen MR) is 263 cm³/mol. The molecule has 0 saturated heterocycles. The number of nitrogens with zero attached hydrogens (tertiary/aromatic N) is 1. The highest BCUT2D eigenvalue weighted by Gasteiger charge is 2.59.